The van der Waals surface area contributed by atoms with Gasteiger partial charge in [0.15, 0.2) is 0 Å². The summed E-state index contributed by atoms with van der Waals surface area (Å²) in [5.41, 5.74) is 2.86. The number of hydrogen-bond acceptors (Lipinski definition) is 5. The summed E-state index contributed by atoms with van der Waals surface area (Å²) < 4.78 is 0. The number of nitrogens with zero attached hydrogens (tertiary/aromatic N) is 2. The second kappa shape index (κ2) is 8.39. The molecule has 3 N–H and O–H groups in total. The number of nitrogens with one attached hydrogen (secondary N) is 3. The van der Waals surface area contributed by atoms with Gasteiger partial charge in [0.25, 0.3) is 5.56 Å². The van der Waals surface area contributed by atoms with Crippen molar-refractivity contribution < 1.29 is 9.59 Å². The molecule has 2 aliphatic rings. The monoisotopic (exact) mass is 465 g/mol. The largest absolute Gasteiger partial charge is 0.338 e. The highest BCUT2D eigenvalue weighted by atomic mass is 16.2. The van der Waals surface area contributed by atoms with Crippen molar-refractivity contribution >= 4 is 40.0 Å². The van der Waals surface area contributed by atoms with Crippen molar-refractivity contribution in [3.05, 3.63) is 93.8 Å². The Balaban J connectivity index is 1.32. The van der Waals surface area contributed by atoms with Crippen LogP contribution in [-0.2, 0) is 22.6 Å². The second-order valence-electron chi connectivity index (χ2n) is 8.91. The first-order valence-electron chi connectivity index (χ1n) is 11.6. The molecule has 0 unspecified atom stereocenters. The average Bonchev–Trinajstić information content (AvgIpc) is 2.87. The number of benzene rings is 3. The van der Waals surface area contributed by atoms with Crippen LogP contribution in [0.1, 0.15) is 29.0 Å². The number of rotatable bonds is 3. The number of carbonyl (C=O) groups excluding carboxylic acids is 2. The number of amides is 2. The molecule has 0 bridgehead atoms. The summed E-state index contributed by atoms with van der Waals surface area (Å²) in [5, 5.41) is 7.49. The van der Waals surface area contributed by atoms with Crippen LogP contribution in [-0.4, -0.2) is 28.3 Å². The Labute approximate surface area is 201 Å². The van der Waals surface area contributed by atoms with Crippen molar-refractivity contribution in [1.29, 1.82) is 0 Å². The van der Waals surface area contributed by atoms with Gasteiger partial charge in [-0.3, -0.25) is 19.4 Å². The molecule has 8 heteroatoms. The van der Waals surface area contributed by atoms with E-state index in [4.69, 9.17) is 0 Å². The summed E-state index contributed by atoms with van der Waals surface area (Å²) in [6.07, 6.45) is 0.712. The molecule has 2 aliphatic heterocycles. The molecule has 0 aliphatic carbocycles. The standard InChI is InChI=1S/C27H23N5O3/c33-22-14-20(25(34)28-21-11-5-9-17-7-3-4-10-19(17)21)23-24(29-22)30-27(31-26(23)35)32-13-12-16-6-1-2-8-18(16)15-32/h1-11,20H,12-15H2,(H,28,34)(H2,29,30,31,33,35)/t20-/m0/s1. The van der Waals surface area contributed by atoms with Gasteiger partial charge in [-0.05, 0) is 29.0 Å². The fourth-order valence-electron chi connectivity index (χ4n) is 4.96. The number of anilines is 3. The summed E-state index contributed by atoms with van der Waals surface area (Å²) in [5.74, 6) is -1.16. The van der Waals surface area contributed by atoms with Gasteiger partial charge in [-0.1, -0.05) is 60.7 Å². The number of H-pyrrole nitrogens is 1. The van der Waals surface area contributed by atoms with Crippen LogP contribution in [0.2, 0.25) is 0 Å². The Morgan fingerprint density at radius 1 is 0.971 bits per heavy atom. The van der Waals surface area contributed by atoms with Crippen molar-refractivity contribution in [3.8, 4) is 0 Å². The predicted molar refractivity (Wildman–Crippen MR) is 135 cm³/mol. The van der Waals surface area contributed by atoms with Gasteiger partial charge in [-0.2, -0.15) is 4.98 Å². The first-order chi connectivity index (χ1) is 17.1. The summed E-state index contributed by atoms with van der Waals surface area (Å²) >= 11 is 0. The third kappa shape index (κ3) is 3.82. The molecule has 0 spiro atoms. The van der Waals surface area contributed by atoms with Crippen LogP contribution < -0.4 is 21.1 Å². The van der Waals surface area contributed by atoms with E-state index in [1.807, 2.05) is 59.5 Å². The van der Waals surface area contributed by atoms with Crippen LogP contribution in [0.5, 0.6) is 0 Å². The lowest BCUT2D eigenvalue weighted by Crippen LogP contribution is -2.38. The smallest absolute Gasteiger partial charge is 0.258 e. The Morgan fingerprint density at radius 2 is 1.74 bits per heavy atom. The van der Waals surface area contributed by atoms with Crippen LogP contribution >= 0.6 is 0 Å². The topological polar surface area (TPSA) is 107 Å². The van der Waals surface area contributed by atoms with Gasteiger partial charge in [0.05, 0.1) is 11.5 Å². The summed E-state index contributed by atoms with van der Waals surface area (Å²) in [4.78, 5) is 48.4. The number of carbonyl (C=O) groups is 2. The van der Waals surface area contributed by atoms with Gasteiger partial charge in [-0.15, -0.1) is 0 Å². The van der Waals surface area contributed by atoms with Gasteiger partial charge in [0.1, 0.15) is 5.82 Å². The van der Waals surface area contributed by atoms with Crippen molar-refractivity contribution in [1.82, 2.24) is 9.97 Å². The molecule has 0 radical (unpaired) electrons. The zero-order chi connectivity index (χ0) is 23.9. The first-order valence-corrected chi connectivity index (χ1v) is 11.6. The Hall–Kier alpha value is -4.46. The van der Waals surface area contributed by atoms with E-state index in [9.17, 15) is 14.4 Å². The molecule has 35 heavy (non-hydrogen) atoms. The molecule has 3 aromatic carbocycles. The molecular formula is C27H23N5O3. The predicted octanol–water partition coefficient (Wildman–Crippen LogP) is 3.55. The van der Waals surface area contributed by atoms with Gasteiger partial charge in [0, 0.05) is 30.6 Å². The maximum atomic E-state index is 13.3. The minimum atomic E-state index is -0.940. The molecule has 8 nitrogen and oxygen atoms in total. The average molecular weight is 466 g/mol. The van der Waals surface area contributed by atoms with E-state index in [-0.39, 0.29) is 23.7 Å². The molecule has 1 atom stereocenters. The van der Waals surface area contributed by atoms with Crippen LogP contribution in [0.4, 0.5) is 17.5 Å². The van der Waals surface area contributed by atoms with Crippen molar-refractivity contribution in [2.45, 2.75) is 25.3 Å². The summed E-state index contributed by atoms with van der Waals surface area (Å²) in [6.45, 7) is 1.30. The maximum Gasteiger partial charge on any atom is 0.258 e. The van der Waals surface area contributed by atoms with Crippen LogP contribution in [0, 0.1) is 0 Å². The molecule has 0 fully saturated rings. The summed E-state index contributed by atoms with van der Waals surface area (Å²) in [6, 6.07) is 21.5. The first kappa shape index (κ1) is 21.1. The van der Waals surface area contributed by atoms with Crippen LogP contribution in [0.3, 0.4) is 0 Å². The maximum absolute atomic E-state index is 13.3. The van der Waals surface area contributed by atoms with E-state index in [0.717, 1.165) is 17.2 Å². The molecular weight excluding hydrogens is 442 g/mol. The number of fused-ring (bicyclic) bond motifs is 3. The summed E-state index contributed by atoms with van der Waals surface area (Å²) in [7, 11) is 0. The number of aromatic nitrogens is 2. The third-order valence-corrected chi connectivity index (χ3v) is 6.73. The Bertz CT molecular complexity index is 1540. The van der Waals surface area contributed by atoms with E-state index in [0.29, 0.717) is 24.7 Å². The Morgan fingerprint density at radius 3 is 2.63 bits per heavy atom. The van der Waals surface area contributed by atoms with Gasteiger partial charge >= 0.3 is 0 Å². The number of aromatic amines is 1. The van der Waals surface area contributed by atoms with Gasteiger partial charge in [-0.25, -0.2) is 0 Å². The zero-order valence-corrected chi connectivity index (χ0v) is 18.9. The molecule has 0 saturated heterocycles. The van der Waals surface area contributed by atoms with Gasteiger partial charge < -0.3 is 15.5 Å². The lowest BCUT2D eigenvalue weighted by molar-refractivity contribution is -0.123. The fraction of sp³-hybridized carbons (Fsp3) is 0.185. The zero-order valence-electron chi connectivity index (χ0n) is 18.9. The molecule has 0 saturated carbocycles. The molecule has 4 aromatic rings. The van der Waals surface area contributed by atoms with Crippen LogP contribution in [0.15, 0.2) is 71.5 Å². The van der Waals surface area contributed by atoms with Crippen LogP contribution in [0.25, 0.3) is 10.8 Å². The van der Waals surface area contributed by atoms with E-state index in [1.165, 1.54) is 11.1 Å². The lowest BCUT2D eigenvalue weighted by Gasteiger charge is -2.30. The van der Waals surface area contributed by atoms with E-state index in [2.05, 4.69) is 32.7 Å². The SMILES string of the molecule is O=C1C[C@H](C(=O)Nc2cccc3ccccc23)c2c(nc(N3CCc4ccccc4C3)[nH]c2=O)N1. The fourth-order valence-corrected chi connectivity index (χ4v) is 4.96. The molecule has 1 aromatic heterocycles. The number of hydrogen-bond donors (Lipinski definition) is 3. The molecule has 3 heterocycles. The highest BCUT2D eigenvalue weighted by Gasteiger charge is 2.35. The highest BCUT2D eigenvalue weighted by molar-refractivity contribution is 6.08. The van der Waals surface area contributed by atoms with E-state index >= 15 is 0 Å². The van der Waals surface area contributed by atoms with Crippen molar-refractivity contribution in [2.24, 2.45) is 0 Å². The van der Waals surface area contributed by atoms with Crippen molar-refractivity contribution in [3.63, 3.8) is 0 Å². The second-order valence-corrected chi connectivity index (χ2v) is 8.91. The third-order valence-electron chi connectivity index (χ3n) is 6.73. The molecule has 174 valence electrons. The quantitative estimate of drug-likeness (QED) is 0.429. The minimum absolute atomic E-state index is 0.120. The normalized spacial score (nSPS) is 16.9. The van der Waals surface area contributed by atoms with Crippen molar-refractivity contribution in [2.75, 3.05) is 22.1 Å². The minimum Gasteiger partial charge on any atom is -0.338 e. The lowest BCUT2D eigenvalue weighted by atomic mass is 9.92. The molecule has 2 amide bonds. The van der Waals surface area contributed by atoms with Gasteiger partial charge in [0.2, 0.25) is 17.8 Å². The molecule has 6 rings (SSSR count). The highest BCUT2D eigenvalue weighted by Crippen LogP contribution is 2.32. The van der Waals surface area contributed by atoms with E-state index < -0.39 is 17.4 Å². The Kier molecular flexibility index (Phi) is 5.06. The van der Waals surface area contributed by atoms with E-state index in [1.54, 1.807) is 0 Å².